The van der Waals surface area contributed by atoms with Gasteiger partial charge in [0.2, 0.25) is 0 Å². The first-order valence-electron chi connectivity index (χ1n) is 7.79. The Kier molecular flexibility index (Phi) is 6.59. The molecular weight excluding hydrogens is 282 g/mol. The fourth-order valence-corrected chi connectivity index (χ4v) is 2.31. The topological polar surface area (TPSA) is 84.2 Å². The number of carboxylic acids is 1. The van der Waals surface area contributed by atoms with Crippen molar-refractivity contribution in [2.75, 3.05) is 6.54 Å². The molecule has 0 aromatic carbocycles. The third kappa shape index (κ3) is 5.87. The van der Waals surface area contributed by atoms with Crippen molar-refractivity contribution in [3.05, 3.63) is 17.5 Å². The normalized spacial score (nSPS) is 11.5. The smallest absolute Gasteiger partial charge is 0.303 e. The van der Waals surface area contributed by atoms with E-state index in [2.05, 4.69) is 10.4 Å². The van der Waals surface area contributed by atoms with Crippen LogP contribution in [-0.2, 0) is 10.3 Å². The van der Waals surface area contributed by atoms with Crippen molar-refractivity contribution in [2.24, 2.45) is 0 Å². The van der Waals surface area contributed by atoms with Crippen LogP contribution >= 0.6 is 0 Å². The van der Waals surface area contributed by atoms with Gasteiger partial charge in [0.15, 0.2) is 0 Å². The Balaban J connectivity index is 2.33. The van der Waals surface area contributed by atoms with E-state index in [4.69, 9.17) is 5.11 Å². The molecule has 6 heteroatoms. The molecule has 0 saturated carbocycles. The van der Waals surface area contributed by atoms with Gasteiger partial charge < -0.3 is 10.4 Å². The molecule has 1 rings (SSSR count). The Morgan fingerprint density at radius 2 is 1.86 bits per heavy atom. The van der Waals surface area contributed by atoms with Gasteiger partial charge in [-0.05, 0) is 46.6 Å². The third-order valence-electron chi connectivity index (χ3n) is 3.36. The van der Waals surface area contributed by atoms with Crippen molar-refractivity contribution >= 4 is 11.9 Å². The van der Waals surface area contributed by atoms with E-state index in [1.165, 1.54) is 0 Å². The van der Waals surface area contributed by atoms with Gasteiger partial charge in [0.25, 0.3) is 5.91 Å². The largest absolute Gasteiger partial charge is 0.481 e. The first-order valence-corrected chi connectivity index (χ1v) is 7.79. The molecule has 0 fully saturated rings. The first kappa shape index (κ1) is 18.2. The predicted octanol–water partition coefficient (Wildman–Crippen LogP) is 2.71. The van der Waals surface area contributed by atoms with Crippen LogP contribution in [0.1, 0.15) is 69.1 Å². The van der Waals surface area contributed by atoms with E-state index in [0.29, 0.717) is 18.7 Å². The van der Waals surface area contributed by atoms with Crippen LogP contribution < -0.4 is 5.32 Å². The molecule has 0 aliphatic heterocycles. The lowest BCUT2D eigenvalue weighted by Crippen LogP contribution is -2.27. The second kappa shape index (κ2) is 7.96. The highest BCUT2D eigenvalue weighted by atomic mass is 16.4. The lowest BCUT2D eigenvalue weighted by molar-refractivity contribution is -0.137. The van der Waals surface area contributed by atoms with E-state index in [1.54, 1.807) is 6.07 Å². The molecule has 6 nitrogen and oxygen atoms in total. The summed E-state index contributed by atoms with van der Waals surface area (Å²) in [6, 6.07) is 1.80. The summed E-state index contributed by atoms with van der Waals surface area (Å²) in [5.74, 6) is -0.908. The molecule has 0 unspecified atom stereocenters. The third-order valence-corrected chi connectivity index (χ3v) is 3.36. The number of hydrogen-bond donors (Lipinski definition) is 2. The van der Waals surface area contributed by atoms with Gasteiger partial charge in [0, 0.05) is 18.7 Å². The number of amides is 1. The van der Waals surface area contributed by atoms with Crippen LogP contribution in [0.15, 0.2) is 6.07 Å². The summed E-state index contributed by atoms with van der Waals surface area (Å²) in [5, 5.41) is 15.8. The predicted molar refractivity (Wildman–Crippen MR) is 85.0 cm³/mol. The molecule has 22 heavy (non-hydrogen) atoms. The van der Waals surface area contributed by atoms with Gasteiger partial charge in [-0.3, -0.25) is 14.3 Å². The van der Waals surface area contributed by atoms with Crippen LogP contribution in [0.3, 0.4) is 0 Å². The van der Waals surface area contributed by atoms with Crippen LogP contribution in [0.5, 0.6) is 0 Å². The van der Waals surface area contributed by atoms with E-state index in [0.717, 1.165) is 25.0 Å². The van der Waals surface area contributed by atoms with E-state index >= 15 is 0 Å². The lowest BCUT2D eigenvalue weighted by atomic mass is 10.1. The summed E-state index contributed by atoms with van der Waals surface area (Å²) in [7, 11) is 0. The highest BCUT2D eigenvalue weighted by Gasteiger charge is 2.19. The van der Waals surface area contributed by atoms with E-state index < -0.39 is 5.97 Å². The molecule has 0 aliphatic rings. The maximum absolute atomic E-state index is 12.1. The zero-order valence-electron chi connectivity index (χ0n) is 14.0. The summed E-state index contributed by atoms with van der Waals surface area (Å²) >= 11 is 0. The lowest BCUT2D eigenvalue weighted by Gasteiger charge is -2.21. The number of aryl methyl sites for hydroxylation is 1. The van der Waals surface area contributed by atoms with E-state index in [9.17, 15) is 9.59 Å². The fraction of sp³-hybridized carbons (Fsp3) is 0.688. The number of carbonyl (C=O) groups excluding carboxylic acids is 1. The maximum Gasteiger partial charge on any atom is 0.303 e. The molecule has 0 atom stereocenters. The number of carbonyl (C=O) groups is 2. The molecular formula is C16H27N3O3. The number of rotatable bonds is 8. The molecule has 0 saturated heterocycles. The maximum atomic E-state index is 12.1. The zero-order chi connectivity index (χ0) is 16.8. The van der Waals surface area contributed by atoms with Gasteiger partial charge in [-0.25, -0.2) is 0 Å². The summed E-state index contributed by atoms with van der Waals surface area (Å²) in [4.78, 5) is 22.4. The van der Waals surface area contributed by atoms with E-state index in [-0.39, 0.29) is 17.9 Å². The number of nitrogens with zero attached hydrogens (tertiary/aromatic N) is 2. The number of hydrogen-bond acceptors (Lipinski definition) is 3. The van der Waals surface area contributed by atoms with Gasteiger partial charge in [-0.15, -0.1) is 0 Å². The molecule has 1 aromatic heterocycles. The quantitative estimate of drug-likeness (QED) is 0.723. The number of unbranched alkanes of at least 4 members (excludes halogenated alkanes) is 3. The van der Waals surface area contributed by atoms with Crippen molar-refractivity contribution in [3.8, 4) is 0 Å². The minimum atomic E-state index is -0.752. The minimum absolute atomic E-state index is 0.146. The van der Waals surface area contributed by atoms with Crippen molar-refractivity contribution in [1.29, 1.82) is 0 Å². The van der Waals surface area contributed by atoms with Crippen LogP contribution in [0, 0.1) is 6.92 Å². The van der Waals surface area contributed by atoms with Crippen molar-refractivity contribution in [2.45, 2.75) is 65.3 Å². The average molecular weight is 309 g/mol. The molecule has 1 amide bonds. The van der Waals surface area contributed by atoms with Gasteiger partial charge in [-0.2, -0.15) is 5.10 Å². The van der Waals surface area contributed by atoms with Crippen molar-refractivity contribution in [3.63, 3.8) is 0 Å². The highest BCUT2D eigenvalue weighted by Crippen LogP contribution is 2.16. The molecule has 0 aliphatic carbocycles. The van der Waals surface area contributed by atoms with Crippen LogP contribution in [-0.4, -0.2) is 33.3 Å². The monoisotopic (exact) mass is 309 g/mol. The number of aliphatic carboxylic acids is 1. The van der Waals surface area contributed by atoms with Crippen molar-refractivity contribution in [1.82, 2.24) is 15.1 Å². The molecule has 0 spiro atoms. The Morgan fingerprint density at radius 3 is 2.41 bits per heavy atom. The van der Waals surface area contributed by atoms with Crippen molar-refractivity contribution < 1.29 is 14.7 Å². The highest BCUT2D eigenvalue weighted by molar-refractivity contribution is 5.92. The summed E-state index contributed by atoms with van der Waals surface area (Å²) < 4.78 is 1.85. The molecule has 2 N–H and O–H groups in total. The molecule has 0 bridgehead atoms. The van der Waals surface area contributed by atoms with Crippen LogP contribution in [0.2, 0.25) is 0 Å². The van der Waals surface area contributed by atoms with Crippen LogP contribution in [0.25, 0.3) is 0 Å². The Hall–Kier alpha value is -1.85. The number of carboxylic acid groups (broad SMARTS) is 1. The molecule has 1 aromatic rings. The SMILES string of the molecule is Cc1cc(C(=O)NCCCCCCC(=O)O)nn1C(C)(C)C. The standard InChI is InChI=1S/C16H27N3O3/c1-12-11-13(18-19(12)16(2,3)4)15(22)17-10-8-6-5-7-9-14(20)21/h11H,5-10H2,1-4H3,(H,17,22)(H,20,21). The van der Waals surface area contributed by atoms with Crippen LogP contribution in [0.4, 0.5) is 0 Å². The van der Waals surface area contributed by atoms with E-state index in [1.807, 2.05) is 32.4 Å². The van der Waals surface area contributed by atoms with Gasteiger partial charge in [-0.1, -0.05) is 12.8 Å². The second-order valence-corrected chi connectivity index (χ2v) is 6.57. The average Bonchev–Trinajstić information content (AvgIpc) is 2.79. The second-order valence-electron chi connectivity index (χ2n) is 6.57. The zero-order valence-corrected chi connectivity index (χ0v) is 14.0. The Morgan fingerprint density at radius 1 is 1.23 bits per heavy atom. The van der Waals surface area contributed by atoms with Gasteiger partial charge >= 0.3 is 5.97 Å². The summed E-state index contributed by atoms with van der Waals surface area (Å²) in [6.07, 6.45) is 3.56. The molecule has 0 radical (unpaired) electrons. The Bertz CT molecular complexity index is 515. The fourth-order valence-electron chi connectivity index (χ4n) is 2.31. The number of nitrogens with one attached hydrogen (secondary N) is 1. The molecule has 124 valence electrons. The minimum Gasteiger partial charge on any atom is -0.481 e. The first-order chi connectivity index (χ1) is 10.2. The van der Waals surface area contributed by atoms with Gasteiger partial charge in [0.05, 0.1) is 5.54 Å². The Labute approximate surface area is 131 Å². The summed E-state index contributed by atoms with van der Waals surface area (Å²) in [6.45, 7) is 8.67. The summed E-state index contributed by atoms with van der Waals surface area (Å²) in [5.41, 5.74) is 1.26. The number of aromatic nitrogens is 2. The van der Waals surface area contributed by atoms with Gasteiger partial charge in [0.1, 0.15) is 5.69 Å². The molecule has 1 heterocycles.